The second-order valence-corrected chi connectivity index (χ2v) is 5.03. The molecule has 2 rings (SSSR count). The van der Waals surface area contributed by atoms with Gasteiger partial charge in [0, 0.05) is 21.8 Å². The summed E-state index contributed by atoms with van der Waals surface area (Å²) in [6.07, 6.45) is 0. The van der Waals surface area contributed by atoms with E-state index in [0.717, 1.165) is 0 Å². The molecule has 5 nitrogen and oxygen atoms in total. The zero-order valence-electron chi connectivity index (χ0n) is 11.7. The van der Waals surface area contributed by atoms with Gasteiger partial charge >= 0.3 is 0 Å². The first-order chi connectivity index (χ1) is 9.99. The third kappa shape index (κ3) is 5.48. The molecule has 124 valence electrons. The lowest BCUT2D eigenvalue weighted by Crippen LogP contribution is -2.22. The lowest BCUT2D eigenvalue weighted by atomic mass is 10.0. The summed E-state index contributed by atoms with van der Waals surface area (Å²) in [4.78, 5) is 0. The second kappa shape index (κ2) is 9.47. The van der Waals surface area contributed by atoms with Gasteiger partial charge in [-0.1, -0.05) is 41.4 Å². The SMILES string of the molecule is Cl.Cl.NC(N)=N/N=C(/c1cc(Cl)ccc1N)c1ccccc1Cl. The van der Waals surface area contributed by atoms with E-state index in [1.807, 2.05) is 12.1 Å². The van der Waals surface area contributed by atoms with Crippen LogP contribution in [0.3, 0.4) is 0 Å². The quantitative estimate of drug-likeness (QED) is 0.321. The van der Waals surface area contributed by atoms with Crippen LogP contribution in [0, 0.1) is 0 Å². The van der Waals surface area contributed by atoms with E-state index in [-0.39, 0.29) is 30.8 Å². The van der Waals surface area contributed by atoms with Gasteiger partial charge in [-0.2, -0.15) is 0 Å². The van der Waals surface area contributed by atoms with E-state index in [2.05, 4.69) is 10.2 Å². The maximum Gasteiger partial charge on any atom is 0.211 e. The molecule has 0 amide bonds. The molecule has 0 heterocycles. The van der Waals surface area contributed by atoms with Gasteiger partial charge in [0.25, 0.3) is 0 Å². The van der Waals surface area contributed by atoms with Crippen molar-refractivity contribution in [3.8, 4) is 0 Å². The summed E-state index contributed by atoms with van der Waals surface area (Å²) in [7, 11) is 0. The van der Waals surface area contributed by atoms with Crippen molar-refractivity contribution in [2.24, 2.45) is 21.7 Å². The lowest BCUT2D eigenvalue weighted by Gasteiger charge is -2.10. The highest BCUT2D eigenvalue weighted by Gasteiger charge is 2.14. The Bertz CT molecular complexity index is 727. The average molecular weight is 395 g/mol. The first-order valence-electron chi connectivity index (χ1n) is 5.96. The Labute approximate surface area is 156 Å². The monoisotopic (exact) mass is 393 g/mol. The highest BCUT2D eigenvalue weighted by Crippen LogP contribution is 2.25. The van der Waals surface area contributed by atoms with E-state index in [1.54, 1.807) is 30.3 Å². The first kappa shape index (κ1) is 21.3. The van der Waals surface area contributed by atoms with Crippen LogP contribution in [-0.4, -0.2) is 11.7 Å². The predicted octanol–water partition coefficient (Wildman–Crippen LogP) is 3.45. The fraction of sp³-hybridized carbons (Fsp3) is 0. The molecule has 0 spiro atoms. The summed E-state index contributed by atoms with van der Waals surface area (Å²) < 4.78 is 0. The molecule has 2 aromatic rings. The molecule has 9 heteroatoms. The van der Waals surface area contributed by atoms with Crippen LogP contribution in [0.5, 0.6) is 0 Å². The molecule has 0 aliphatic carbocycles. The zero-order valence-corrected chi connectivity index (χ0v) is 14.9. The van der Waals surface area contributed by atoms with Gasteiger partial charge in [-0.05, 0) is 24.3 Å². The lowest BCUT2D eigenvalue weighted by molar-refractivity contribution is 1.20. The smallest absolute Gasteiger partial charge is 0.211 e. The minimum atomic E-state index is -0.167. The fourth-order valence-corrected chi connectivity index (χ4v) is 2.14. The van der Waals surface area contributed by atoms with Gasteiger partial charge in [-0.3, -0.25) is 0 Å². The zero-order chi connectivity index (χ0) is 15.4. The summed E-state index contributed by atoms with van der Waals surface area (Å²) in [5.41, 5.74) is 18.8. The Balaban J connectivity index is 0.00000242. The average Bonchev–Trinajstić information content (AvgIpc) is 2.44. The van der Waals surface area contributed by atoms with Crippen molar-refractivity contribution in [2.75, 3.05) is 5.73 Å². The Kier molecular flexibility index (Phi) is 8.79. The van der Waals surface area contributed by atoms with E-state index in [1.165, 1.54) is 0 Å². The normalized spacial score (nSPS) is 10.3. The summed E-state index contributed by atoms with van der Waals surface area (Å²) in [6.45, 7) is 0. The van der Waals surface area contributed by atoms with Gasteiger partial charge in [-0.25, -0.2) is 0 Å². The number of guanidine groups is 1. The number of nitrogen functional groups attached to an aromatic ring is 1. The number of nitrogens with zero attached hydrogens (tertiary/aromatic N) is 2. The van der Waals surface area contributed by atoms with E-state index >= 15 is 0 Å². The van der Waals surface area contributed by atoms with E-state index < -0.39 is 0 Å². The molecule has 0 atom stereocenters. The van der Waals surface area contributed by atoms with Gasteiger partial charge in [0.15, 0.2) is 0 Å². The Morgan fingerprint density at radius 3 is 2.13 bits per heavy atom. The topological polar surface area (TPSA) is 103 Å². The molecular weight excluding hydrogens is 380 g/mol. The molecule has 0 aliphatic rings. The maximum absolute atomic E-state index is 6.21. The van der Waals surface area contributed by atoms with Crippen LogP contribution in [0.2, 0.25) is 10.0 Å². The molecule has 0 saturated carbocycles. The fourth-order valence-electron chi connectivity index (χ4n) is 1.75. The van der Waals surface area contributed by atoms with Crippen LogP contribution in [0.15, 0.2) is 52.7 Å². The highest BCUT2D eigenvalue weighted by atomic mass is 35.5. The van der Waals surface area contributed by atoms with Crippen LogP contribution in [0.1, 0.15) is 11.1 Å². The van der Waals surface area contributed by atoms with Crippen molar-refractivity contribution in [1.29, 1.82) is 0 Å². The Morgan fingerprint density at radius 1 is 0.870 bits per heavy atom. The highest BCUT2D eigenvalue weighted by molar-refractivity contribution is 6.36. The van der Waals surface area contributed by atoms with Crippen molar-refractivity contribution in [2.45, 2.75) is 0 Å². The van der Waals surface area contributed by atoms with Crippen LogP contribution in [0.25, 0.3) is 0 Å². The largest absolute Gasteiger partial charge is 0.398 e. The molecule has 0 fully saturated rings. The third-order valence-corrected chi connectivity index (χ3v) is 3.23. The summed E-state index contributed by atoms with van der Waals surface area (Å²) >= 11 is 12.2. The minimum absolute atomic E-state index is 0. The number of anilines is 1. The van der Waals surface area contributed by atoms with Crippen molar-refractivity contribution >= 4 is 65.4 Å². The van der Waals surface area contributed by atoms with Gasteiger partial charge < -0.3 is 17.2 Å². The van der Waals surface area contributed by atoms with Crippen molar-refractivity contribution in [3.05, 3.63) is 63.6 Å². The molecule has 0 bridgehead atoms. The van der Waals surface area contributed by atoms with Crippen LogP contribution < -0.4 is 17.2 Å². The standard InChI is InChI=1S/C14H13Cl2N5.2ClH/c15-8-5-6-12(17)10(7-8)13(20-21-14(18)19)9-3-1-2-4-11(9)16;;/h1-7H,17H2,(H4,18,19,21);2*1H/b20-13+;;. The molecular formula is C14H15Cl4N5. The summed E-state index contributed by atoms with van der Waals surface area (Å²) in [5, 5.41) is 8.77. The van der Waals surface area contributed by atoms with E-state index in [4.69, 9.17) is 40.4 Å². The molecule has 0 aliphatic heterocycles. The number of hydrogen-bond acceptors (Lipinski definition) is 3. The van der Waals surface area contributed by atoms with Crippen molar-refractivity contribution < 1.29 is 0 Å². The molecule has 6 N–H and O–H groups in total. The van der Waals surface area contributed by atoms with Crippen LogP contribution in [-0.2, 0) is 0 Å². The predicted molar refractivity (Wildman–Crippen MR) is 103 cm³/mol. The van der Waals surface area contributed by atoms with Crippen LogP contribution in [0.4, 0.5) is 5.69 Å². The Hall–Kier alpha value is -1.66. The van der Waals surface area contributed by atoms with Gasteiger partial charge in [0.05, 0.1) is 5.02 Å². The van der Waals surface area contributed by atoms with Crippen molar-refractivity contribution in [3.63, 3.8) is 0 Å². The molecule has 2 aromatic carbocycles. The minimum Gasteiger partial charge on any atom is -0.398 e. The number of benzene rings is 2. The molecule has 0 aromatic heterocycles. The van der Waals surface area contributed by atoms with Gasteiger partial charge in [-0.15, -0.1) is 35.0 Å². The molecule has 0 radical (unpaired) electrons. The first-order valence-corrected chi connectivity index (χ1v) is 6.71. The molecule has 0 unspecified atom stereocenters. The van der Waals surface area contributed by atoms with Crippen molar-refractivity contribution in [1.82, 2.24) is 0 Å². The van der Waals surface area contributed by atoms with Gasteiger partial charge in [0.2, 0.25) is 5.96 Å². The Morgan fingerprint density at radius 2 is 1.52 bits per heavy atom. The summed E-state index contributed by atoms with van der Waals surface area (Å²) in [5.74, 6) is -0.167. The molecule has 23 heavy (non-hydrogen) atoms. The van der Waals surface area contributed by atoms with Crippen LogP contribution >= 0.6 is 48.0 Å². The summed E-state index contributed by atoms with van der Waals surface area (Å²) in [6, 6.07) is 12.2. The number of nitrogens with two attached hydrogens (primary N) is 3. The second-order valence-electron chi connectivity index (χ2n) is 4.18. The molecule has 0 saturated heterocycles. The third-order valence-electron chi connectivity index (χ3n) is 2.66. The van der Waals surface area contributed by atoms with E-state index in [9.17, 15) is 0 Å². The number of halogens is 4. The van der Waals surface area contributed by atoms with Gasteiger partial charge in [0.1, 0.15) is 5.71 Å². The van der Waals surface area contributed by atoms with E-state index in [0.29, 0.717) is 32.6 Å². The number of hydrogen-bond donors (Lipinski definition) is 3. The maximum atomic E-state index is 6.21. The number of rotatable bonds is 3.